The molecule has 0 N–H and O–H groups in total. The minimum atomic E-state index is -4.76. The smallest absolute Gasteiger partial charge is 0.417 e. The molecule has 1 aromatic carbocycles. The molecule has 0 spiro atoms. The molecule has 1 saturated heterocycles. The lowest BCUT2D eigenvalue weighted by molar-refractivity contribution is -0.139. The van der Waals surface area contributed by atoms with Gasteiger partial charge in [-0.25, -0.2) is 8.42 Å². The average Bonchev–Trinajstić information content (AvgIpc) is 2.66. The van der Waals surface area contributed by atoms with Crippen LogP contribution >= 0.6 is 0 Å². The van der Waals surface area contributed by atoms with E-state index in [1.54, 1.807) is 20.0 Å². The zero-order chi connectivity index (χ0) is 21.4. The number of sulfonamides is 1. The number of ether oxygens (including phenoxy) is 1. The Balaban J connectivity index is 1.73. The van der Waals surface area contributed by atoms with E-state index in [-0.39, 0.29) is 24.8 Å². The molecule has 3 rings (SSSR count). The summed E-state index contributed by atoms with van der Waals surface area (Å²) in [6.07, 6.45) is -4.47. The van der Waals surface area contributed by atoms with E-state index >= 15 is 0 Å². The van der Waals surface area contributed by atoms with Crippen LogP contribution in [0.5, 0.6) is 5.75 Å². The fourth-order valence-corrected chi connectivity index (χ4v) is 4.93. The summed E-state index contributed by atoms with van der Waals surface area (Å²) in [5, 5.41) is 0. The van der Waals surface area contributed by atoms with E-state index in [1.807, 2.05) is 0 Å². The summed E-state index contributed by atoms with van der Waals surface area (Å²) in [7, 11) is -2.64. The van der Waals surface area contributed by atoms with Gasteiger partial charge in [0.2, 0.25) is 10.0 Å². The highest BCUT2D eigenvalue weighted by Crippen LogP contribution is 2.35. The molecular formula is C19H21F3N2O4S. The van der Waals surface area contributed by atoms with Gasteiger partial charge in [-0.3, -0.25) is 4.79 Å². The molecule has 1 aliphatic rings. The van der Waals surface area contributed by atoms with Crippen molar-refractivity contribution in [1.29, 1.82) is 0 Å². The Hall–Kier alpha value is -2.33. The molecule has 0 aliphatic carbocycles. The summed E-state index contributed by atoms with van der Waals surface area (Å²) in [5.74, 6) is 0.398. The van der Waals surface area contributed by atoms with Gasteiger partial charge < -0.3 is 9.30 Å². The Morgan fingerprint density at radius 2 is 1.72 bits per heavy atom. The highest BCUT2D eigenvalue weighted by molar-refractivity contribution is 7.89. The molecule has 1 aliphatic heterocycles. The van der Waals surface area contributed by atoms with Crippen molar-refractivity contribution >= 4 is 10.0 Å². The number of halogens is 3. The normalized spacial score (nSPS) is 16.7. The molecule has 2 heterocycles. The highest BCUT2D eigenvalue weighted by Gasteiger charge is 2.39. The van der Waals surface area contributed by atoms with E-state index < -0.39 is 26.7 Å². The summed E-state index contributed by atoms with van der Waals surface area (Å²) in [5.41, 5.74) is -0.672. The second-order valence-electron chi connectivity index (χ2n) is 6.94. The van der Waals surface area contributed by atoms with Crippen LogP contribution in [0.1, 0.15) is 24.1 Å². The van der Waals surface area contributed by atoms with Crippen LogP contribution in [0.25, 0.3) is 0 Å². The van der Waals surface area contributed by atoms with Gasteiger partial charge in [0.1, 0.15) is 11.9 Å². The largest absolute Gasteiger partial charge is 0.490 e. The molecule has 0 radical (unpaired) electrons. The van der Waals surface area contributed by atoms with E-state index in [2.05, 4.69) is 0 Å². The average molecular weight is 430 g/mol. The standard InChI is InChI=1S/C19H21F3N2O4S/c1-13-11-15(12-18(25)23(13)2)28-14-7-9-24(10-8-14)29(26,27)17-6-4-3-5-16(17)19(20,21)22/h3-6,11-12,14H,7-10H2,1-2H3. The molecule has 0 bridgehead atoms. The van der Waals surface area contributed by atoms with E-state index in [0.29, 0.717) is 18.6 Å². The third-order valence-electron chi connectivity index (χ3n) is 4.99. The molecule has 29 heavy (non-hydrogen) atoms. The number of alkyl halides is 3. The van der Waals surface area contributed by atoms with Gasteiger partial charge in [0.25, 0.3) is 5.56 Å². The lowest BCUT2D eigenvalue weighted by Crippen LogP contribution is -2.42. The number of rotatable bonds is 4. The minimum absolute atomic E-state index is 0.0308. The molecule has 0 amide bonds. The summed E-state index contributed by atoms with van der Waals surface area (Å²) in [6.45, 7) is 1.83. The molecule has 0 atom stereocenters. The number of piperidine rings is 1. The van der Waals surface area contributed by atoms with Crippen LogP contribution in [0.15, 0.2) is 46.1 Å². The summed E-state index contributed by atoms with van der Waals surface area (Å²) in [4.78, 5) is 11.1. The van der Waals surface area contributed by atoms with Gasteiger partial charge in [0, 0.05) is 31.9 Å². The Kier molecular flexibility index (Phi) is 5.77. The van der Waals surface area contributed by atoms with Crippen LogP contribution in [0.3, 0.4) is 0 Å². The number of nitrogens with zero attached hydrogens (tertiary/aromatic N) is 2. The van der Waals surface area contributed by atoms with Gasteiger partial charge in [-0.1, -0.05) is 12.1 Å². The van der Waals surface area contributed by atoms with Crippen molar-refractivity contribution in [1.82, 2.24) is 8.87 Å². The van der Waals surface area contributed by atoms with E-state index in [9.17, 15) is 26.4 Å². The molecule has 1 fully saturated rings. The molecule has 6 nitrogen and oxygen atoms in total. The summed E-state index contributed by atoms with van der Waals surface area (Å²) < 4.78 is 73.5. The Labute approximate surface area is 166 Å². The molecular weight excluding hydrogens is 409 g/mol. The van der Waals surface area contributed by atoms with Gasteiger partial charge in [-0.05, 0) is 38.0 Å². The van der Waals surface area contributed by atoms with Gasteiger partial charge in [0.05, 0.1) is 10.5 Å². The first kappa shape index (κ1) is 21.4. The van der Waals surface area contributed by atoms with Crippen molar-refractivity contribution in [2.75, 3.05) is 13.1 Å². The lowest BCUT2D eigenvalue weighted by atomic mass is 10.1. The molecule has 0 saturated carbocycles. The number of hydrogen-bond donors (Lipinski definition) is 0. The van der Waals surface area contributed by atoms with Crippen molar-refractivity contribution < 1.29 is 26.3 Å². The van der Waals surface area contributed by atoms with Crippen LogP contribution in [-0.4, -0.2) is 36.5 Å². The highest BCUT2D eigenvalue weighted by atomic mass is 32.2. The molecule has 1 aromatic heterocycles. The number of pyridine rings is 1. The molecule has 0 unspecified atom stereocenters. The van der Waals surface area contributed by atoms with E-state index in [1.165, 1.54) is 16.7 Å². The van der Waals surface area contributed by atoms with Gasteiger partial charge in [-0.15, -0.1) is 0 Å². The van der Waals surface area contributed by atoms with Crippen molar-refractivity contribution in [2.45, 2.75) is 36.9 Å². The van der Waals surface area contributed by atoms with Crippen molar-refractivity contribution in [3.63, 3.8) is 0 Å². The second-order valence-corrected chi connectivity index (χ2v) is 8.85. The molecule has 158 valence electrons. The minimum Gasteiger partial charge on any atom is -0.490 e. The van der Waals surface area contributed by atoms with Crippen LogP contribution < -0.4 is 10.3 Å². The van der Waals surface area contributed by atoms with Crippen LogP contribution in [0.4, 0.5) is 13.2 Å². The van der Waals surface area contributed by atoms with E-state index in [0.717, 1.165) is 28.2 Å². The van der Waals surface area contributed by atoms with Crippen LogP contribution in [0, 0.1) is 6.92 Å². The number of benzene rings is 1. The molecule has 10 heteroatoms. The maximum absolute atomic E-state index is 13.2. The topological polar surface area (TPSA) is 68.6 Å². The van der Waals surface area contributed by atoms with Gasteiger partial charge in [-0.2, -0.15) is 17.5 Å². The fourth-order valence-electron chi connectivity index (χ4n) is 3.25. The summed E-state index contributed by atoms with van der Waals surface area (Å²) >= 11 is 0. The number of aryl methyl sites for hydroxylation is 1. The first-order chi connectivity index (χ1) is 13.5. The first-order valence-electron chi connectivity index (χ1n) is 9.01. The number of hydrogen-bond acceptors (Lipinski definition) is 4. The first-order valence-corrected chi connectivity index (χ1v) is 10.4. The maximum atomic E-state index is 13.2. The molecule has 2 aromatic rings. The lowest BCUT2D eigenvalue weighted by Gasteiger charge is -2.32. The predicted molar refractivity (Wildman–Crippen MR) is 100 cm³/mol. The summed E-state index contributed by atoms with van der Waals surface area (Å²) in [6, 6.07) is 7.24. The zero-order valence-corrected chi connectivity index (χ0v) is 16.8. The van der Waals surface area contributed by atoms with Crippen LogP contribution in [-0.2, 0) is 23.2 Å². The Morgan fingerprint density at radius 3 is 2.31 bits per heavy atom. The maximum Gasteiger partial charge on any atom is 0.417 e. The SMILES string of the molecule is Cc1cc(OC2CCN(S(=O)(=O)c3ccccc3C(F)(F)F)CC2)cc(=O)n1C. The monoisotopic (exact) mass is 430 g/mol. The predicted octanol–water partition coefficient (Wildman–Crippen LogP) is 2.94. The third kappa shape index (κ3) is 4.48. The van der Waals surface area contributed by atoms with Crippen molar-refractivity contribution in [2.24, 2.45) is 7.05 Å². The van der Waals surface area contributed by atoms with Crippen LogP contribution in [0.2, 0.25) is 0 Å². The van der Waals surface area contributed by atoms with Crippen molar-refractivity contribution in [3.8, 4) is 5.75 Å². The van der Waals surface area contributed by atoms with Crippen molar-refractivity contribution in [3.05, 3.63) is 58.0 Å². The number of aromatic nitrogens is 1. The fraction of sp³-hybridized carbons (Fsp3) is 0.421. The second kappa shape index (κ2) is 7.83. The third-order valence-corrected chi connectivity index (χ3v) is 6.95. The van der Waals surface area contributed by atoms with Gasteiger partial charge >= 0.3 is 6.18 Å². The quantitative estimate of drug-likeness (QED) is 0.748. The van der Waals surface area contributed by atoms with Gasteiger partial charge in [0.15, 0.2) is 0 Å². The Morgan fingerprint density at radius 1 is 1.10 bits per heavy atom. The van der Waals surface area contributed by atoms with E-state index in [4.69, 9.17) is 4.74 Å². The Bertz CT molecular complexity index is 1060. The zero-order valence-electron chi connectivity index (χ0n) is 15.9.